The second-order valence-corrected chi connectivity index (χ2v) is 11.1. The van der Waals surface area contributed by atoms with Gasteiger partial charge in [0, 0.05) is 24.3 Å². The summed E-state index contributed by atoms with van der Waals surface area (Å²) in [6.45, 7) is 2.05. The normalized spacial score (nSPS) is 28.1. The lowest BCUT2D eigenvalue weighted by Gasteiger charge is -2.17. The molecule has 188 valence electrons. The second kappa shape index (κ2) is 10.4. The fourth-order valence-electron chi connectivity index (χ4n) is 4.83. The highest BCUT2D eigenvalue weighted by molar-refractivity contribution is 7.99. The molecule has 35 heavy (non-hydrogen) atoms. The Morgan fingerprint density at radius 3 is 2.71 bits per heavy atom. The van der Waals surface area contributed by atoms with Gasteiger partial charge in [-0.2, -0.15) is 0 Å². The van der Waals surface area contributed by atoms with E-state index in [9.17, 15) is 15.3 Å². The molecule has 2 unspecified atom stereocenters. The standard InChI is InChI=1S/C23H28Cl2N6O3S/c1-2-7-35-23-27-21(26-16-10-13(16)11-3-4-14(24)15(25)8-11)18-22(28-23)31(30-29-18)17-9-12(5-6-32)19(33)20(17)34/h3-4,8,12-13,16-17,19-20,32-34H,2,5-7,9-10H2,1H3,(H,26,27,28)/t12-,13?,16?,17+,19+,20-/m0/s1. The maximum atomic E-state index is 10.7. The minimum atomic E-state index is -1.02. The Morgan fingerprint density at radius 2 is 1.97 bits per heavy atom. The lowest BCUT2D eigenvalue weighted by molar-refractivity contribution is 0.00107. The zero-order chi connectivity index (χ0) is 24.7. The number of thioether (sulfide) groups is 1. The topological polar surface area (TPSA) is 129 Å². The SMILES string of the molecule is CCCSc1nc(NC2CC2c2ccc(Cl)c(Cl)c2)c2nnn([C@@H]3C[C@H](CCO)[C@@H](O)[C@H]3O)c2n1. The van der Waals surface area contributed by atoms with E-state index in [4.69, 9.17) is 33.2 Å². The van der Waals surface area contributed by atoms with Crippen LogP contribution in [-0.4, -0.2) is 70.9 Å². The number of aliphatic hydroxyl groups excluding tert-OH is 3. The molecule has 4 N–H and O–H groups in total. The summed E-state index contributed by atoms with van der Waals surface area (Å²) in [5.74, 6) is 1.53. The molecule has 0 aliphatic heterocycles. The van der Waals surface area contributed by atoms with Crippen molar-refractivity contribution in [3.05, 3.63) is 33.8 Å². The zero-order valence-corrected chi connectivity index (χ0v) is 21.5. The van der Waals surface area contributed by atoms with Gasteiger partial charge in [-0.25, -0.2) is 14.6 Å². The van der Waals surface area contributed by atoms with Crippen LogP contribution in [0.4, 0.5) is 5.82 Å². The minimum absolute atomic E-state index is 0.0469. The number of fused-ring (bicyclic) bond motifs is 1. The first-order valence-electron chi connectivity index (χ1n) is 11.9. The number of benzene rings is 1. The average molecular weight is 539 g/mol. The first-order chi connectivity index (χ1) is 16.9. The monoisotopic (exact) mass is 538 g/mol. The van der Waals surface area contributed by atoms with Crippen molar-refractivity contribution in [1.29, 1.82) is 0 Å². The number of hydrogen-bond donors (Lipinski definition) is 4. The molecule has 2 aromatic heterocycles. The summed E-state index contributed by atoms with van der Waals surface area (Å²) in [4.78, 5) is 9.44. The van der Waals surface area contributed by atoms with Crippen LogP contribution >= 0.6 is 35.0 Å². The van der Waals surface area contributed by atoms with Gasteiger partial charge in [0.05, 0.1) is 22.2 Å². The van der Waals surface area contributed by atoms with Crippen molar-refractivity contribution in [3.63, 3.8) is 0 Å². The first-order valence-corrected chi connectivity index (χ1v) is 13.6. The fourth-order valence-corrected chi connectivity index (χ4v) is 5.83. The summed E-state index contributed by atoms with van der Waals surface area (Å²) >= 11 is 13.8. The van der Waals surface area contributed by atoms with Gasteiger partial charge in [-0.3, -0.25) is 0 Å². The molecule has 2 fully saturated rings. The molecule has 0 radical (unpaired) electrons. The Bertz CT molecular complexity index is 1210. The molecule has 0 amide bonds. The highest BCUT2D eigenvalue weighted by atomic mass is 35.5. The van der Waals surface area contributed by atoms with Crippen molar-refractivity contribution in [2.45, 2.75) is 68.0 Å². The molecule has 0 bridgehead atoms. The van der Waals surface area contributed by atoms with Crippen molar-refractivity contribution in [3.8, 4) is 0 Å². The Morgan fingerprint density at radius 1 is 1.14 bits per heavy atom. The number of nitrogens with one attached hydrogen (secondary N) is 1. The lowest BCUT2D eigenvalue weighted by Crippen LogP contribution is -2.30. The maximum absolute atomic E-state index is 10.7. The van der Waals surface area contributed by atoms with Crippen molar-refractivity contribution < 1.29 is 15.3 Å². The summed E-state index contributed by atoms with van der Waals surface area (Å²) in [5, 5.41) is 44.4. The summed E-state index contributed by atoms with van der Waals surface area (Å²) in [6.07, 6.45) is 0.845. The van der Waals surface area contributed by atoms with Crippen LogP contribution in [0.5, 0.6) is 0 Å². The van der Waals surface area contributed by atoms with Crippen LogP contribution < -0.4 is 5.32 Å². The first kappa shape index (κ1) is 25.0. The molecule has 2 heterocycles. The molecule has 12 heteroatoms. The van der Waals surface area contributed by atoms with Crippen LogP contribution in [0.3, 0.4) is 0 Å². The highest BCUT2D eigenvalue weighted by Gasteiger charge is 2.44. The Kier molecular flexibility index (Phi) is 7.39. The van der Waals surface area contributed by atoms with E-state index in [0.29, 0.717) is 45.0 Å². The van der Waals surface area contributed by atoms with Gasteiger partial charge in [-0.15, -0.1) is 5.10 Å². The molecular weight excluding hydrogens is 511 g/mol. The Labute approximate surface area is 217 Å². The Balaban J connectivity index is 1.44. The van der Waals surface area contributed by atoms with Gasteiger partial charge in [0.15, 0.2) is 22.1 Å². The van der Waals surface area contributed by atoms with E-state index in [2.05, 4.69) is 22.6 Å². The van der Waals surface area contributed by atoms with E-state index in [1.807, 2.05) is 18.2 Å². The third kappa shape index (κ3) is 4.97. The number of halogens is 2. The third-order valence-corrected chi connectivity index (χ3v) is 8.60. The number of anilines is 1. The van der Waals surface area contributed by atoms with Crippen molar-refractivity contribution in [2.75, 3.05) is 17.7 Å². The molecule has 3 aromatic rings. The van der Waals surface area contributed by atoms with E-state index < -0.39 is 18.2 Å². The fraction of sp³-hybridized carbons (Fsp3) is 0.565. The molecule has 0 spiro atoms. The van der Waals surface area contributed by atoms with Gasteiger partial charge in [0.25, 0.3) is 0 Å². The number of aromatic nitrogens is 5. The highest BCUT2D eigenvalue weighted by Crippen LogP contribution is 2.45. The number of nitrogens with zero attached hydrogens (tertiary/aromatic N) is 5. The van der Waals surface area contributed by atoms with Crippen LogP contribution in [0.25, 0.3) is 11.2 Å². The minimum Gasteiger partial charge on any atom is -0.396 e. The smallest absolute Gasteiger partial charge is 0.191 e. The number of aliphatic hydroxyl groups is 3. The molecule has 0 saturated heterocycles. The third-order valence-electron chi connectivity index (χ3n) is 6.81. The van der Waals surface area contributed by atoms with E-state index in [1.165, 1.54) is 0 Å². The predicted molar refractivity (Wildman–Crippen MR) is 136 cm³/mol. The van der Waals surface area contributed by atoms with Crippen LogP contribution in [-0.2, 0) is 0 Å². The Hall–Kier alpha value is -1.69. The summed E-state index contributed by atoms with van der Waals surface area (Å²) in [7, 11) is 0. The van der Waals surface area contributed by atoms with Gasteiger partial charge in [0.2, 0.25) is 0 Å². The number of rotatable bonds is 9. The molecule has 1 aromatic carbocycles. The van der Waals surface area contributed by atoms with Crippen molar-refractivity contribution in [1.82, 2.24) is 25.0 Å². The van der Waals surface area contributed by atoms with Gasteiger partial charge in [0.1, 0.15) is 6.10 Å². The van der Waals surface area contributed by atoms with E-state index in [1.54, 1.807) is 16.4 Å². The van der Waals surface area contributed by atoms with Gasteiger partial charge < -0.3 is 20.6 Å². The van der Waals surface area contributed by atoms with Gasteiger partial charge in [-0.1, -0.05) is 53.2 Å². The predicted octanol–water partition coefficient (Wildman–Crippen LogP) is 3.66. The van der Waals surface area contributed by atoms with E-state index in [0.717, 1.165) is 24.2 Å². The van der Waals surface area contributed by atoms with E-state index in [-0.39, 0.29) is 24.5 Å². The zero-order valence-electron chi connectivity index (χ0n) is 19.2. The van der Waals surface area contributed by atoms with Crippen LogP contribution in [0.15, 0.2) is 23.4 Å². The van der Waals surface area contributed by atoms with Crippen LogP contribution in [0, 0.1) is 5.92 Å². The van der Waals surface area contributed by atoms with Crippen molar-refractivity contribution in [2.24, 2.45) is 5.92 Å². The van der Waals surface area contributed by atoms with Crippen molar-refractivity contribution >= 4 is 51.9 Å². The molecule has 9 nitrogen and oxygen atoms in total. The molecule has 2 aliphatic rings. The lowest BCUT2D eigenvalue weighted by atomic mass is 10.0. The van der Waals surface area contributed by atoms with Gasteiger partial charge in [-0.05, 0) is 49.3 Å². The summed E-state index contributed by atoms with van der Waals surface area (Å²) in [6, 6.07) is 5.38. The quantitative estimate of drug-likeness (QED) is 0.238. The van der Waals surface area contributed by atoms with E-state index >= 15 is 0 Å². The molecule has 2 aliphatic carbocycles. The average Bonchev–Trinajstić information content (AvgIpc) is 3.39. The van der Waals surface area contributed by atoms with Gasteiger partial charge >= 0.3 is 0 Å². The van der Waals surface area contributed by atoms with Crippen LogP contribution in [0.2, 0.25) is 10.0 Å². The van der Waals surface area contributed by atoms with Crippen LogP contribution in [0.1, 0.15) is 50.1 Å². The number of hydrogen-bond acceptors (Lipinski definition) is 9. The summed E-state index contributed by atoms with van der Waals surface area (Å²) < 4.78 is 1.60. The largest absolute Gasteiger partial charge is 0.396 e. The summed E-state index contributed by atoms with van der Waals surface area (Å²) in [5.41, 5.74) is 2.16. The second-order valence-electron chi connectivity index (χ2n) is 9.23. The molecule has 5 rings (SSSR count). The molecule has 6 atom stereocenters. The molecular formula is C23H28Cl2N6O3S. The molecule has 2 saturated carbocycles. The maximum Gasteiger partial charge on any atom is 0.191 e.